The molecule has 0 aromatic heterocycles. The summed E-state index contributed by atoms with van der Waals surface area (Å²) < 4.78 is 0. The van der Waals surface area contributed by atoms with Crippen LogP contribution in [-0.4, -0.2) is 7.05 Å². The highest BCUT2D eigenvalue weighted by atomic mass is 32.2. The van der Waals surface area contributed by atoms with Crippen LogP contribution in [0.2, 0.25) is 0 Å². The summed E-state index contributed by atoms with van der Waals surface area (Å²) in [6, 6.07) is 14.7. The fourth-order valence-corrected chi connectivity index (χ4v) is 3.06. The zero-order valence-corrected chi connectivity index (χ0v) is 12.3. The Morgan fingerprint density at radius 3 is 2.53 bits per heavy atom. The molecule has 0 aliphatic heterocycles. The molecule has 2 aromatic carbocycles. The summed E-state index contributed by atoms with van der Waals surface area (Å²) in [5, 5.41) is 3.15. The molecule has 0 amide bonds. The van der Waals surface area contributed by atoms with E-state index in [1.54, 1.807) is 11.8 Å². The number of nitrogen functional groups attached to an aromatic ring is 1. The highest BCUT2D eigenvalue weighted by molar-refractivity contribution is 7.99. The van der Waals surface area contributed by atoms with E-state index in [1.807, 2.05) is 13.1 Å². The molecule has 2 nitrogen and oxygen atoms in total. The summed E-state index contributed by atoms with van der Waals surface area (Å²) in [5.74, 6) is 0. The molecule has 0 saturated heterocycles. The van der Waals surface area contributed by atoms with Crippen molar-refractivity contribution in [3.05, 3.63) is 48.0 Å². The summed E-state index contributed by atoms with van der Waals surface area (Å²) in [4.78, 5) is 2.50. The van der Waals surface area contributed by atoms with Gasteiger partial charge in [-0.15, -0.1) is 0 Å². The van der Waals surface area contributed by atoms with Crippen LogP contribution < -0.4 is 11.1 Å². The van der Waals surface area contributed by atoms with E-state index in [2.05, 4.69) is 48.6 Å². The zero-order valence-electron chi connectivity index (χ0n) is 11.4. The Kier molecular flexibility index (Phi) is 4.74. The number of anilines is 2. The summed E-state index contributed by atoms with van der Waals surface area (Å²) in [7, 11) is 1.91. The Balaban J connectivity index is 2.35. The smallest absolute Gasteiger partial charge is 0.0574 e. The maximum Gasteiger partial charge on any atom is 0.0574 e. The van der Waals surface area contributed by atoms with Gasteiger partial charge in [0.25, 0.3) is 0 Å². The lowest BCUT2D eigenvalue weighted by Crippen LogP contribution is -1.99. The Morgan fingerprint density at radius 1 is 1.16 bits per heavy atom. The van der Waals surface area contributed by atoms with E-state index in [-0.39, 0.29) is 0 Å². The van der Waals surface area contributed by atoms with Gasteiger partial charge in [0.05, 0.1) is 11.4 Å². The van der Waals surface area contributed by atoms with E-state index in [9.17, 15) is 0 Å². The predicted octanol–water partition coefficient (Wildman–Crippen LogP) is 4.41. The van der Waals surface area contributed by atoms with Gasteiger partial charge < -0.3 is 11.1 Å². The minimum atomic E-state index is 0.806. The van der Waals surface area contributed by atoms with Crippen LogP contribution >= 0.6 is 11.8 Å². The molecular weight excluding hydrogens is 252 g/mol. The highest BCUT2D eigenvalue weighted by Gasteiger charge is 2.08. The van der Waals surface area contributed by atoms with Crippen molar-refractivity contribution in [3.63, 3.8) is 0 Å². The first kappa shape index (κ1) is 13.8. The molecule has 0 radical (unpaired) electrons. The standard InChI is InChI=1S/C16H20N2S/c1-3-7-12-10-15(18-2)14(17)11-16(12)19-13-8-5-4-6-9-13/h4-6,8-11,18H,3,7,17H2,1-2H3. The SMILES string of the molecule is CCCc1cc(NC)c(N)cc1Sc1ccccc1. The van der Waals surface area contributed by atoms with Crippen LogP contribution in [0.25, 0.3) is 0 Å². The molecule has 0 spiro atoms. The van der Waals surface area contributed by atoms with Gasteiger partial charge in [0.15, 0.2) is 0 Å². The molecule has 3 N–H and O–H groups in total. The number of nitrogens with two attached hydrogens (primary N) is 1. The minimum absolute atomic E-state index is 0.806. The summed E-state index contributed by atoms with van der Waals surface area (Å²) in [6.45, 7) is 2.20. The number of hydrogen-bond donors (Lipinski definition) is 2. The van der Waals surface area contributed by atoms with Gasteiger partial charge in [-0.05, 0) is 36.2 Å². The molecule has 2 aromatic rings. The number of benzene rings is 2. The third kappa shape index (κ3) is 3.44. The Bertz CT molecular complexity index is 538. The van der Waals surface area contributed by atoms with Crippen molar-refractivity contribution < 1.29 is 0 Å². The van der Waals surface area contributed by atoms with Crippen LogP contribution in [0.1, 0.15) is 18.9 Å². The topological polar surface area (TPSA) is 38.0 Å². The van der Waals surface area contributed by atoms with E-state index in [0.717, 1.165) is 24.2 Å². The van der Waals surface area contributed by atoms with Crippen LogP contribution in [0.15, 0.2) is 52.3 Å². The number of hydrogen-bond acceptors (Lipinski definition) is 3. The van der Waals surface area contributed by atoms with Gasteiger partial charge in [0.2, 0.25) is 0 Å². The predicted molar refractivity (Wildman–Crippen MR) is 85.0 cm³/mol. The second-order valence-corrected chi connectivity index (χ2v) is 5.58. The van der Waals surface area contributed by atoms with E-state index < -0.39 is 0 Å². The summed E-state index contributed by atoms with van der Waals surface area (Å²) in [6.07, 6.45) is 2.21. The van der Waals surface area contributed by atoms with Crippen molar-refractivity contribution >= 4 is 23.1 Å². The Hall–Kier alpha value is -1.61. The Labute approximate surface area is 119 Å². The van der Waals surface area contributed by atoms with E-state index in [1.165, 1.54) is 15.4 Å². The van der Waals surface area contributed by atoms with Gasteiger partial charge in [-0.25, -0.2) is 0 Å². The first-order chi connectivity index (χ1) is 9.24. The maximum atomic E-state index is 6.07. The van der Waals surface area contributed by atoms with Crippen molar-refractivity contribution in [2.75, 3.05) is 18.1 Å². The van der Waals surface area contributed by atoms with Crippen molar-refractivity contribution in [2.24, 2.45) is 0 Å². The van der Waals surface area contributed by atoms with Crippen LogP contribution in [0.3, 0.4) is 0 Å². The van der Waals surface area contributed by atoms with Crippen LogP contribution in [-0.2, 0) is 6.42 Å². The van der Waals surface area contributed by atoms with Gasteiger partial charge in [-0.1, -0.05) is 43.3 Å². The quantitative estimate of drug-likeness (QED) is 0.792. The van der Waals surface area contributed by atoms with Crippen molar-refractivity contribution in [2.45, 2.75) is 29.6 Å². The second kappa shape index (κ2) is 6.53. The molecule has 0 atom stereocenters. The zero-order chi connectivity index (χ0) is 13.7. The van der Waals surface area contributed by atoms with Gasteiger partial charge in [-0.3, -0.25) is 0 Å². The molecule has 0 unspecified atom stereocenters. The molecule has 0 bridgehead atoms. The average Bonchev–Trinajstić information content (AvgIpc) is 2.43. The summed E-state index contributed by atoms with van der Waals surface area (Å²) >= 11 is 1.78. The molecular formula is C16H20N2S. The van der Waals surface area contributed by atoms with Crippen LogP contribution in [0.4, 0.5) is 11.4 Å². The second-order valence-electron chi connectivity index (χ2n) is 4.46. The first-order valence-electron chi connectivity index (χ1n) is 6.57. The average molecular weight is 272 g/mol. The number of rotatable bonds is 5. The number of aryl methyl sites for hydroxylation is 1. The molecule has 100 valence electrons. The largest absolute Gasteiger partial charge is 0.397 e. The third-order valence-electron chi connectivity index (χ3n) is 2.99. The van der Waals surface area contributed by atoms with Crippen molar-refractivity contribution in [1.29, 1.82) is 0 Å². The lowest BCUT2D eigenvalue weighted by molar-refractivity contribution is 0.901. The summed E-state index contributed by atoms with van der Waals surface area (Å²) in [5.41, 5.74) is 9.25. The van der Waals surface area contributed by atoms with Crippen molar-refractivity contribution in [3.8, 4) is 0 Å². The van der Waals surface area contributed by atoms with E-state index in [0.29, 0.717) is 0 Å². The number of nitrogens with one attached hydrogen (secondary N) is 1. The monoisotopic (exact) mass is 272 g/mol. The molecule has 2 rings (SSSR count). The molecule has 0 saturated carbocycles. The van der Waals surface area contributed by atoms with Gasteiger partial charge in [-0.2, -0.15) is 0 Å². The molecule has 19 heavy (non-hydrogen) atoms. The van der Waals surface area contributed by atoms with Crippen LogP contribution in [0, 0.1) is 0 Å². The molecule has 0 aliphatic rings. The maximum absolute atomic E-state index is 6.07. The van der Waals surface area contributed by atoms with E-state index in [4.69, 9.17) is 5.73 Å². The normalized spacial score (nSPS) is 10.4. The highest BCUT2D eigenvalue weighted by Crippen LogP contribution is 2.35. The fourth-order valence-electron chi connectivity index (χ4n) is 2.03. The molecule has 3 heteroatoms. The van der Waals surface area contributed by atoms with Crippen LogP contribution in [0.5, 0.6) is 0 Å². The lowest BCUT2D eigenvalue weighted by atomic mass is 10.1. The van der Waals surface area contributed by atoms with Gasteiger partial charge in [0.1, 0.15) is 0 Å². The molecule has 0 fully saturated rings. The van der Waals surface area contributed by atoms with Gasteiger partial charge in [0, 0.05) is 16.8 Å². The fraction of sp³-hybridized carbons (Fsp3) is 0.250. The Morgan fingerprint density at radius 2 is 1.89 bits per heavy atom. The molecule has 0 aliphatic carbocycles. The third-order valence-corrected chi connectivity index (χ3v) is 4.10. The molecule has 0 heterocycles. The minimum Gasteiger partial charge on any atom is -0.397 e. The van der Waals surface area contributed by atoms with Crippen molar-refractivity contribution in [1.82, 2.24) is 0 Å². The lowest BCUT2D eigenvalue weighted by Gasteiger charge is -2.13. The van der Waals surface area contributed by atoms with Gasteiger partial charge >= 0.3 is 0 Å². The van der Waals surface area contributed by atoms with E-state index >= 15 is 0 Å². The first-order valence-corrected chi connectivity index (χ1v) is 7.39.